The smallest absolute Gasteiger partial charge is 0.0340 e. The summed E-state index contributed by atoms with van der Waals surface area (Å²) < 4.78 is 0. The first kappa shape index (κ1) is 7.66. The minimum atomic E-state index is 0.983. The third kappa shape index (κ3) is 1.79. The topological polar surface area (TPSA) is 12.0 Å². The number of hydrogen-bond acceptors (Lipinski definition) is 1. The van der Waals surface area contributed by atoms with Gasteiger partial charge in [0, 0.05) is 12.7 Å². The Morgan fingerprint density at radius 2 is 2.25 bits per heavy atom. The Labute approximate surface area is 73.8 Å². The van der Waals surface area contributed by atoms with E-state index in [0.29, 0.717) is 0 Å². The van der Waals surface area contributed by atoms with Crippen LogP contribution >= 0.6 is 0 Å². The van der Waals surface area contributed by atoms with E-state index in [9.17, 15) is 0 Å². The lowest BCUT2D eigenvalue weighted by Gasteiger charge is -2.03. The molecule has 1 saturated carbocycles. The number of hydrogen-bond donors (Lipinski definition) is 1. The second-order valence-electron chi connectivity index (χ2n) is 3.60. The third-order valence-corrected chi connectivity index (χ3v) is 2.44. The predicted molar refractivity (Wildman–Crippen MR) is 52.4 cm³/mol. The zero-order chi connectivity index (χ0) is 8.39. The van der Waals surface area contributed by atoms with E-state index in [2.05, 4.69) is 29.6 Å². The SMILES string of the molecule is CNc1cccc(CC2CC2)c1. The number of rotatable bonds is 3. The van der Waals surface area contributed by atoms with Crippen LogP contribution in [0.2, 0.25) is 0 Å². The Kier molecular flexibility index (Phi) is 2.03. The molecule has 0 aromatic heterocycles. The molecule has 0 spiro atoms. The molecule has 0 amide bonds. The Balaban J connectivity index is 2.08. The fraction of sp³-hybridized carbons (Fsp3) is 0.455. The maximum Gasteiger partial charge on any atom is 0.0340 e. The summed E-state index contributed by atoms with van der Waals surface area (Å²) in [5.41, 5.74) is 2.71. The molecular formula is C11H15N. The van der Waals surface area contributed by atoms with Crippen LogP contribution in [0.15, 0.2) is 24.3 Å². The van der Waals surface area contributed by atoms with Crippen molar-refractivity contribution >= 4 is 5.69 Å². The zero-order valence-corrected chi connectivity index (χ0v) is 7.51. The summed E-state index contributed by atoms with van der Waals surface area (Å²) in [5.74, 6) is 0.983. The minimum Gasteiger partial charge on any atom is -0.388 e. The maximum absolute atomic E-state index is 3.16. The van der Waals surface area contributed by atoms with Gasteiger partial charge in [-0.2, -0.15) is 0 Å². The Morgan fingerprint density at radius 1 is 1.42 bits per heavy atom. The van der Waals surface area contributed by atoms with E-state index in [1.54, 1.807) is 0 Å². The van der Waals surface area contributed by atoms with Crippen molar-refractivity contribution in [3.63, 3.8) is 0 Å². The van der Waals surface area contributed by atoms with E-state index < -0.39 is 0 Å². The molecule has 1 N–H and O–H groups in total. The summed E-state index contributed by atoms with van der Waals surface area (Å²) >= 11 is 0. The normalized spacial score (nSPS) is 16.1. The molecule has 0 radical (unpaired) electrons. The van der Waals surface area contributed by atoms with Crippen LogP contribution in [-0.2, 0) is 6.42 Å². The van der Waals surface area contributed by atoms with Gasteiger partial charge in [-0.15, -0.1) is 0 Å². The molecule has 64 valence electrons. The van der Waals surface area contributed by atoms with Gasteiger partial charge in [-0.3, -0.25) is 0 Å². The number of anilines is 1. The lowest BCUT2D eigenvalue weighted by molar-refractivity contribution is 0.833. The van der Waals surface area contributed by atoms with E-state index in [-0.39, 0.29) is 0 Å². The predicted octanol–water partition coefficient (Wildman–Crippen LogP) is 2.68. The summed E-state index contributed by atoms with van der Waals surface area (Å²) in [6, 6.07) is 8.71. The summed E-state index contributed by atoms with van der Waals surface area (Å²) in [6.07, 6.45) is 4.14. The van der Waals surface area contributed by atoms with Gasteiger partial charge in [-0.25, -0.2) is 0 Å². The molecule has 1 aromatic rings. The molecular weight excluding hydrogens is 146 g/mol. The van der Waals surface area contributed by atoms with Crippen molar-refractivity contribution in [3.8, 4) is 0 Å². The summed E-state index contributed by atoms with van der Waals surface area (Å²) in [4.78, 5) is 0. The molecule has 0 heterocycles. The number of nitrogens with one attached hydrogen (secondary N) is 1. The van der Waals surface area contributed by atoms with Crippen molar-refractivity contribution in [2.24, 2.45) is 5.92 Å². The van der Waals surface area contributed by atoms with Crippen LogP contribution in [0.5, 0.6) is 0 Å². The molecule has 1 aliphatic carbocycles. The zero-order valence-electron chi connectivity index (χ0n) is 7.51. The van der Waals surface area contributed by atoms with Gasteiger partial charge in [0.1, 0.15) is 0 Å². The van der Waals surface area contributed by atoms with Crippen molar-refractivity contribution in [3.05, 3.63) is 29.8 Å². The van der Waals surface area contributed by atoms with Gasteiger partial charge in [0.2, 0.25) is 0 Å². The summed E-state index contributed by atoms with van der Waals surface area (Å²) in [5, 5.41) is 3.16. The molecule has 12 heavy (non-hydrogen) atoms. The highest BCUT2D eigenvalue weighted by molar-refractivity contribution is 5.45. The van der Waals surface area contributed by atoms with Crippen LogP contribution in [0, 0.1) is 5.92 Å². The van der Waals surface area contributed by atoms with Crippen molar-refractivity contribution in [1.82, 2.24) is 0 Å². The highest BCUT2D eigenvalue weighted by Crippen LogP contribution is 2.32. The van der Waals surface area contributed by atoms with Gasteiger partial charge in [0.25, 0.3) is 0 Å². The minimum absolute atomic E-state index is 0.983. The van der Waals surface area contributed by atoms with E-state index in [0.717, 1.165) is 5.92 Å². The average molecular weight is 161 g/mol. The van der Waals surface area contributed by atoms with Crippen LogP contribution in [-0.4, -0.2) is 7.05 Å². The van der Waals surface area contributed by atoms with E-state index in [4.69, 9.17) is 0 Å². The van der Waals surface area contributed by atoms with Gasteiger partial charge < -0.3 is 5.32 Å². The Hall–Kier alpha value is -0.980. The van der Waals surface area contributed by atoms with Gasteiger partial charge in [-0.05, 0) is 42.9 Å². The third-order valence-electron chi connectivity index (χ3n) is 2.44. The first-order valence-electron chi connectivity index (χ1n) is 4.65. The maximum atomic E-state index is 3.16. The van der Waals surface area contributed by atoms with Crippen LogP contribution in [0.3, 0.4) is 0 Å². The monoisotopic (exact) mass is 161 g/mol. The fourth-order valence-electron chi connectivity index (χ4n) is 1.51. The van der Waals surface area contributed by atoms with Crippen LogP contribution in [0.25, 0.3) is 0 Å². The van der Waals surface area contributed by atoms with Gasteiger partial charge >= 0.3 is 0 Å². The van der Waals surface area contributed by atoms with Gasteiger partial charge in [0.05, 0.1) is 0 Å². The van der Waals surface area contributed by atoms with Crippen molar-refractivity contribution in [2.75, 3.05) is 12.4 Å². The van der Waals surface area contributed by atoms with Crippen molar-refractivity contribution < 1.29 is 0 Å². The number of benzene rings is 1. The average Bonchev–Trinajstić information content (AvgIpc) is 2.89. The second kappa shape index (κ2) is 3.18. The van der Waals surface area contributed by atoms with Crippen molar-refractivity contribution in [1.29, 1.82) is 0 Å². The van der Waals surface area contributed by atoms with E-state index >= 15 is 0 Å². The largest absolute Gasteiger partial charge is 0.388 e. The molecule has 1 heteroatoms. The molecule has 0 unspecified atom stereocenters. The Morgan fingerprint density at radius 3 is 2.92 bits per heavy atom. The van der Waals surface area contributed by atoms with Crippen molar-refractivity contribution in [2.45, 2.75) is 19.3 Å². The highest BCUT2D eigenvalue weighted by Gasteiger charge is 2.21. The molecule has 0 atom stereocenters. The van der Waals surface area contributed by atoms with Crippen LogP contribution in [0.1, 0.15) is 18.4 Å². The molecule has 0 saturated heterocycles. The Bertz CT molecular complexity index is 263. The van der Waals surface area contributed by atoms with E-state index in [1.165, 1.54) is 30.5 Å². The lowest BCUT2D eigenvalue weighted by Crippen LogP contribution is -1.91. The first-order valence-corrected chi connectivity index (χ1v) is 4.65. The van der Waals surface area contributed by atoms with E-state index in [1.807, 2.05) is 7.05 Å². The fourth-order valence-corrected chi connectivity index (χ4v) is 1.51. The summed E-state index contributed by atoms with van der Waals surface area (Å²) in [6.45, 7) is 0. The quantitative estimate of drug-likeness (QED) is 0.718. The lowest BCUT2D eigenvalue weighted by atomic mass is 10.1. The molecule has 1 aromatic carbocycles. The second-order valence-corrected chi connectivity index (χ2v) is 3.60. The molecule has 0 aliphatic heterocycles. The molecule has 2 rings (SSSR count). The summed E-state index contributed by atoms with van der Waals surface area (Å²) in [7, 11) is 1.97. The van der Waals surface area contributed by atoms with Crippen LogP contribution < -0.4 is 5.32 Å². The highest BCUT2D eigenvalue weighted by atomic mass is 14.8. The first-order chi connectivity index (χ1) is 5.88. The molecule has 1 nitrogen and oxygen atoms in total. The standard InChI is InChI=1S/C11H15N/c1-12-11-4-2-3-10(8-11)7-9-5-6-9/h2-4,8-9,12H,5-7H2,1H3. The molecule has 1 fully saturated rings. The van der Waals surface area contributed by atoms with Gasteiger partial charge in [-0.1, -0.05) is 12.1 Å². The van der Waals surface area contributed by atoms with Crippen LogP contribution in [0.4, 0.5) is 5.69 Å². The molecule has 1 aliphatic rings. The van der Waals surface area contributed by atoms with Gasteiger partial charge in [0.15, 0.2) is 0 Å². The molecule has 0 bridgehead atoms.